The molecule has 3 fully saturated rings. The lowest BCUT2D eigenvalue weighted by molar-refractivity contribution is -0.208. The minimum Gasteiger partial charge on any atom is -0.459 e. The molecule has 8 heteroatoms. The molecule has 2 bridgehead atoms. The maximum Gasteiger partial charge on any atom is 0.344 e. The molecule has 0 radical (unpaired) electrons. The number of carbonyl (C=O) groups excluding carboxylic acids is 3. The predicted octanol–water partition coefficient (Wildman–Crippen LogP) is 5.39. The molecule has 1 heterocycles. The Balaban J connectivity index is 1.27. The van der Waals surface area contributed by atoms with Crippen LogP contribution in [-0.4, -0.2) is 51.2 Å². The van der Waals surface area contributed by atoms with Gasteiger partial charge in [0.05, 0.1) is 12.4 Å². The van der Waals surface area contributed by atoms with Crippen LogP contribution in [0.4, 0.5) is 0 Å². The summed E-state index contributed by atoms with van der Waals surface area (Å²) in [6.45, 7) is 12.4. The van der Waals surface area contributed by atoms with Crippen molar-refractivity contribution in [2.75, 3.05) is 6.61 Å². The van der Waals surface area contributed by atoms with Gasteiger partial charge in [0.15, 0.2) is 6.61 Å². The zero-order valence-corrected chi connectivity index (χ0v) is 25.7. The van der Waals surface area contributed by atoms with E-state index in [1.54, 1.807) is 24.7 Å². The highest BCUT2D eigenvalue weighted by Crippen LogP contribution is 2.68. The van der Waals surface area contributed by atoms with E-state index >= 15 is 0 Å². The molecule has 3 aliphatic rings. The van der Waals surface area contributed by atoms with Crippen LogP contribution in [0.25, 0.3) is 6.08 Å². The number of benzene rings is 1. The van der Waals surface area contributed by atoms with Gasteiger partial charge in [0.2, 0.25) is 0 Å². The Bertz CT molecular complexity index is 1380. The van der Waals surface area contributed by atoms with Gasteiger partial charge in [-0.05, 0) is 60.1 Å². The van der Waals surface area contributed by atoms with Crippen LogP contribution in [0.15, 0.2) is 61.7 Å². The topological polar surface area (TPSA) is 108 Å². The molecule has 5 rings (SSSR count). The number of hydrogen-bond donors (Lipinski definition) is 1. The molecule has 0 unspecified atom stereocenters. The van der Waals surface area contributed by atoms with Gasteiger partial charge in [-0.2, -0.15) is 0 Å². The largest absolute Gasteiger partial charge is 0.459 e. The van der Waals surface area contributed by atoms with Crippen LogP contribution >= 0.6 is 0 Å². The van der Waals surface area contributed by atoms with E-state index in [4.69, 9.17) is 9.47 Å². The van der Waals surface area contributed by atoms with Crippen LogP contribution in [0.3, 0.4) is 0 Å². The average molecular weight is 589 g/mol. The second-order valence-corrected chi connectivity index (χ2v) is 13.5. The average Bonchev–Trinajstić information content (AvgIpc) is 3.64. The summed E-state index contributed by atoms with van der Waals surface area (Å²) in [5.74, 6) is -1.41. The Kier molecular flexibility index (Phi) is 8.54. The Morgan fingerprint density at radius 2 is 1.93 bits per heavy atom. The van der Waals surface area contributed by atoms with Crippen LogP contribution < -0.4 is 0 Å². The highest BCUT2D eigenvalue weighted by atomic mass is 16.6. The molecular formula is C35H44N2O6. The van der Waals surface area contributed by atoms with Crippen molar-refractivity contribution in [3.8, 4) is 0 Å². The number of Topliss-reactive ketones (excluding diaryl/α,β-unsaturated/α-hetero) is 1. The second kappa shape index (κ2) is 11.9. The van der Waals surface area contributed by atoms with Crippen LogP contribution in [0.1, 0.15) is 70.9 Å². The lowest BCUT2D eigenvalue weighted by Crippen LogP contribution is -2.63. The normalized spacial score (nSPS) is 35.6. The molecule has 0 spiro atoms. The Hall–Kier alpha value is -3.52. The van der Waals surface area contributed by atoms with Gasteiger partial charge in [0.25, 0.3) is 0 Å². The maximum atomic E-state index is 13.5. The number of ketones is 1. The first-order chi connectivity index (χ1) is 20.4. The van der Waals surface area contributed by atoms with E-state index in [1.807, 2.05) is 42.0 Å². The molecule has 1 N–H and O–H groups in total. The number of ether oxygens (including phenoxy) is 2. The lowest BCUT2D eigenvalue weighted by atomic mass is 9.44. The number of rotatable bonds is 8. The van der Waals surface area contributed by atoms with Crippen LogP contribution in [0, 0.1) is 34.0 Å². The summed E-state index contributed by atoms with van der Waals surface area (Å²) in [6.07, 6.45) is 12.0. The number of aliphatic hydroxyl groups is 1. The van der Waals surface area contributed by atoms with E-state index in [1.165, 1.54) is 6.08 Å². The molecule has 8 nitrogen and oxygen atoms in total. The highest BCUT2D eigenvalue weighted by molar-refractivity contribution is 5.88. The fourth-order valence-electron chi connectivity index (χ4n) is 8.36. The third kappa shape index (κ3) is 5.62. The number of hydrogen-bond acceptors (Lipinski definition) is 7. The van der Waals surface area contributed by atoms with Gasteiger partial charge in [0.1, 0.15) is 11.9 Å². The molecule has 230 valence electrons. The Morgan fingerprint density at radius 1 is 1.19 bits per heavy atom. The molecule has 8 atom stereocenters. The van der Waals surface area contributed by atoms with Gasteiger partial charge < -0.3 is 19.1 Å². The molecule has 0 amide bonds. The molecule has 0 saturated heterocycles. The summed E-state index contributed by atoms with van der Waals surface area (Å²) >= 11 is 0. The second-order valence-electron chi connectivity index (χ2n) is 13.5. The number of imidazole rings is 1. The standard InChI is InChI=1S/C35H44N2O6/c1-6-33(4)19-28(34(5)23(2)13-15-35(24(3)32(33)41)16-14-27(38)31(34)35)43-30(40)21-42-29(39)12-11-25-7-9-26(10-8-25)20-37-18-17-36-22-37/h6-12,17-18,22-24,28,31-32,41H,1,13-16,19-21H2,2-5H3/b12-11+/t23-,24+,28-,31+,32+,33-,34+,35+/m1/s1. The van der Waals surface area contributed by atoms with E-state index in [-0.39, 0.29) is 29.0 Å². The molecule has 1 aromatic heterocycles. The van der Waals surface area contributed by atoms with Gasteiger partial charge in [-0.25, -0.2) is 14.6 Å². The fourth-order valence-corrected chi connectivity index (χ4v) is 8.36. The highest BCUT2D eigenvalue weighted by Gasteiger charge is 2.68. The minimum absolute atomic E-state index is 0.101. The van der Waals surface area contributed by atoms with Gasteiger partial charge in [0, 0.05) is 48.2 Å². The van der Waals surface area contributed by atoms with E-state index in [0.29, 0.717) is 19.4 Å². The first-order valence-corrected chi connectivity index (χ1v) is 15.4. The molecular weight excluding hydrogens is 544 g/mol. The van der Waals surface area contributed by atoms with Crippen LogP contribution in [-0.2, 0) is 30.4 Å². The number of aliphatic hydroxyl groups excluding tert-OH is 1. The van der Waals surface area contributed by atoms with Crippen LogP contribution in [0.2, 0.25) is 0 Å². The first kappa shape index (κ1) is 30.9. The zero-order valence-electron chi connectivity index (χ0n) is 25.7. The van der Waals surface area contributed by atoms with Gasteiger partial charge in [-0.15, -0.1) is 6.58 Å². The zero-order chi connectivity index (χ0) is 31.0. The van der Waals surface area contributed by atoms with Gasteiger partial charge >= 0.3 is 11.9 Å². The van der Waals surface area contributed by atoms with Gasteiger partial charge in [-0.3, -0.25) is 4.79 Å². The molecule has 1 aromatic carbocycles. The predicted molar refractivity (Wildman–Crippen MR) is 162 cm³/mol. The van der Waals surface area contributed by atoms with Crippen LogP contribution in [0.5, 0.6) is 0 Å². The van der Waals surface area contributed by atoms with Gasteiger partial charge in [-0.1, -0.05) is 58.0 Å². The summed E-state index contributed by atoms with van der Waals surface area (Å²) in [7, 11) is 0. The van der Waals surface area contributed by atoms with E-state index in [2.05, 4.69) is 32.3 Å². The quantitative estimate of drug-likeness (QED) is 0.250. The van der Waals surface area contributed by atoms with Crippen molar-refractivity contribution in [1.29, 1.82) is 0 Å². The van der Waals surface area contributed by atoms with Crippen molar-refractivity contribution in [3.05, 3.63) is 72.8 Å². The molecule has 0 aliphatic heterocycles. The van der Waals surface area contributed by atoms with Crippen molar-refractivity contribution in [2.24, 2.45) is 34.0 Å². The Labute approximate surface area is 254 Å². The molecule has 43 heavy (non-hydrogen) atoms. The van der Waals surface area contributed by atoms with E-state index in [0.717, 1.165) is 30.4 Å². The summed E-state index contributed by atoms with van der Waals surface area (Å²) in [6, 6.07) is 7.76. The third-order valence-corrected chi connectivity index (χ3v) is 11.2. The Morgan fingerprint density at radius 3 is 2.60 bits per heavy atom. The maximum absolute atomic E-state index is 13.5. The summed E-state index contributed by atoms with van der Waals surface area (Å²) in [5.41, 5.74) is 0.237. The van der Waals surface area contributed by atoms with Crippen molar-refractivity contribution in [3.63, 3.8) is 0 Å². The molecule has 3 saturated carbocycles. The van der Waals surface area contributed by atoms with Crippen molar-refractivity contribution in [1.82, 2.24) is 9.55 Å². The fraction of sp³-hybridized carbons (Fsp3) is 0.543. The third-order valence-electron chi connectivity index (χ3n) is 11.2. The number of nitrogens with zero attached hydrogens (tertiary/aromatic N) is 2. The van der Waals surface area contributed by atoms with Crippen molar-refractivity contribution < 1.29 is 29.0 Å². The monoisotopic (exact) mass is 588 g/mol. The number of esters is 2. The van der Waals surface area contributed by atoms with Crippen molar-refractivity contribution >= 4 is 23.8 Å². The number of aromatic nitrogens is 2. The minimum atomic E-state index is -0.736. The first-order valence-electron chi connectivity index (χ1n) is 15.4. The number of carbonyl (C=O) groups is 3. The lowest BCUT2D eigenvalue weighted by Gasteiger charge is -2.61. The smallest absolute Gasteiger partial charge is 0.344 e. The summed E-state index contributed by atoms with van der Waals surface area (Å²) in [4.78, 5) is 43.2. The SMILES string of the molecule is C=C[C@]1(C)C[C@@H](OC(=O)COC(=O)/C=C/c2ccc(Cn3ccnc3)cc2)[C@]2(C)[C@H](C)CC[C@]3(CCC(=O)[C@H]32)[C@@H](C)[C@@H]1O. The summed E-state index contributed by atoms with van der Waals surface area (Å²) < 4.78 is 13.4. The molecule has 2 aromatic rings. The summed E-state index contributed by atoms with van der Waals surface area (Å²) in [5, 5.41) is 11.6. The van der Waals surface area contributed by atoms with Crippen molar-refractivity contribution in [2.45, 2.75) is 78.6 Å². The van der Waals surface area contributed by atoms with E-state index in [9.17, 15) is 19.5 Å². The molecule has 3 aliphatic carbocycles. The van der Waals surface area contributed by atoms with E-state index < -0.39 is 41.6 Å².